The Balaban J connectivity index is 1.68. The second kappa shape index (κ2) is 8.38. The molecule has 0 saturated carbocycles. The van der Waals surface area contributed by atoms with Crippen LogP contribution in [0.5, 0.6) is 0 Å². The van der Waals surface area contributed by atoms with Crippen molar-refractivity contribution in [3.63, 3.8) is 0 Å². The van der Waals surface area contributed by atoms with E-state index in [1.54, 1.807) is 24.6 Å². The van der Waals surface area contributed by atoms with Gasteiger partial charge in [-0.05, 0) is 12.5 Å². The van der Waals surface area contributed by atoms with Crippen LogP contribution in [-0.2, 0) is 13.1 Å². The summed E-state index contributed by atoms with van der Waals surface area (Å²) >= 11 is 1.64. The maximum Gasteiger partial charge on any atom is 0.191 e. The van der Waals surface area contributed by atoms with Gasteiger partial charge in [0.15, 0.2) is 11.1 Å². The molecule has 0 radical (unpaired) electrons. The minimum Gasteiger partial charge on any atom is -0.356 e. The summed E-state index contributed by atoms with van der Waals surface area (Å²) in [6.45, 7) is 2.41. The molecule has 0 aliphatic heterocycles. The predicted octanol–water partition coefficient (Wildman–Crippen LogP) is 1.16. The molecule has 0 unspecified atom stereocenters. The number of hydrogen-bond donors (Lipinski definition) is 2. The number of hydrogen-bond acceptors (Lipinski definition) is 5. The van der Waals surface area contributed by atoms with Gasteiger partial charge in [0.1, 0.15) is 0 Å². The van der Waals surface area contributed by atoms with Gasteiger partial charge in [-0.1, -0.05) is 0 Å². The molecule has 0 fully saturated rings. The zero-order valence-corrected chi connectivity index (χ0v) is 14.1. The van der Waals surface area contributed by atoms with Crippen LogP contribution in [-0.4, -0.2) is 48.4 Å². The van der Waals surface area contributed by atoms with E-state index < -0.39 is 0 Å². The van der Waals surface area contributed by atoms with Crippen LogP contribution < -0.4 is 15.5 Å². The van der Waals surface area contributed by atoms with Crippen molar-refractivity contribution in [1.29, 1.82) is 0 Å². The molecule has 2 aromatic heterocycles. The van der Waals surface area contributed by atoms with Gasteiger partial charge in [-0.2, -0.15) is 5.10 Å². The summed E-state index contributed by atoms with van der Waals surface area (Å²) in [5.41, 5.74) is 1.02. The van der Waals surface area contributed by atoms with E-state index in [2.05, 4.69) is 31.1 Å². The first-order valence-corrected chi connectivity index (χ1v) is 8.10. The van der Waals surface area contributed by atoms with E-state index in [4.69, 9.17) is 0 Å². The van der Waals surface area contributed by atoms with Gasteiger partial charge in [0, 0.05) is 52.0 Å². The Morgan fingerprint density at radius 3 is 2.91 bits per heavy atom. The summed E-state index contributed by atoms with van der Waals surface area (Å²) in [4.78, 5) is 10.8. The molecule has 0 aromatic carbocycles. The van der Waals surface area contributed by atoms with Crippen LogP contribution in [0.4, 0.5) is 5.13 Å². The zero-order chi connectivity index (χ0) is 15.8. The lowest BCUT2D eigenvalue weighted by Crippen LogP contribution is -2.37. The highest BCUT2D eigenvalue weighted by atomic mass is 32.1. The van der Waals surface area contributed by atoms with Crippen molar-refractivity contribution in [2.24, 2.45) is 4.99 Å². The molecule has 0 aliphatic rings. The van der Waals surface area contributed by atoms with Gasteiger partial charge in [-0.15, -0.1) is 11.3 Å². The van der Waals surface area contributed by atoms with E-state index in [0.29, 0.717) is 6.54 Å². The van der Waals surface area contributed by atoms with Crippen LogP contribution in [0.3, 0.4) is 0 Å². The SMILES string of the molecule is CN=C(NCCCn1cccn1)NCc1csc(N(C)C)n1. The zero-order valence-electron chi connectivity index (χ0n) is 13.3. The first-order valence-electron chi connectivity index (χ1n) is 7.22. The molecule has 2 rings (SSSR count). The Labute approximate surface area is 135 Å². The molecule has 0 saturated heterocycles. The maximum absolute atomic E-state index is 4.53. The molecular weight excluding hydrogens is 298 g/mol. The molecule has 2 heterocycles. The predicted molar refractivity (Wildman–Crippen MR) is 91.5 cm³/mol. The van der Waals surface area contributed by atoms with Gasteiger partial charge in [0.25, 0.3) is 0 Å². The van der Waals surface area contributed by atoms with E-state index in [0.717, 1.165) is 36.3 Å². The van der Waals surface area contributed by atoms with Crippen molar-refractivity contribution < 1.29 is 0 Å². The van der Waals surface area contributed by atoms with E-state index in [-0.39, 0.29) is 0 Å². The summed E-state index contributed by atoms with van der Waals surface area (Å²) in [6, 6.07) is 1.93. The molecule has 7 nitrogen and oxygen atoms in total. The lowest BCUT2D eigenvalue weighted by atomic mass is 10.4. The first kappa shape index (κ1) is 16.3. The fraction of sp³-hybridized carbons (Fsp3) is 0.500. The number of aliphatic imine (C=N–C) groups is 1. The molecule has 120 valence electrons. The van der Waals surface area contributed by atoms with Crippen LogP contribution in [0.1, 0.15) is 12.1 Å². The second-order valence-electron chi connectivity index (χ2n) is 4.99. The third-order valence-corrected chi connectivity index (χ3v) is 4.06. The highest BCUT2D eigenvalue weighted by Gasteiger charge is 2.04. The third-order valence-electron chi connectivity index (χ3n) is 3.00. The molecule has 0 amide bonds. The van der Waals surface area contributed by atoms with Gasteiger partial charge in [-0.25, -0.2) is 4.98 Å². The van der Waals surface area contributed by atoms with Crippen LogP contribution in [0.25, 0.3) is 0 Å². The fourth-order valence-electron chi connectivity index (χ4n) is 1.86. The summed E-state index contributed by atoms with van der Waals surface area (Å²) in [6.07, 6.45) is 4.76. The number of thiazole rings is 1. The summed E-state index contributed by atoms with van der Waals surface area (Å²) in [7, 11) is 5.77. The number of guanidine groups is 1. The number of rotatable bonds is 7. The lowest BCUT2D eigenvalue weighted by molar-refractivity contribution is 0.570. The Morgan fingerprint density at radius 1 is 1.41 bits per heavy atom. The number of nitrogens with zero attached hydrogens (tertiary/aromatic N) is 5. The minimum absolute atomic E-state index is 0.670. The first-order chi connectivity index (χ1) is 10.7. The van der Waals surface area contributed by atoms with Crippen LogP contribution in [0, 0.1) is 0 Å². The quantitative estimate of drug-likeness (QED) is 0.455. The summed E-state index contributed by atoms with van der Waals surface area (Å²) in [5, 5.41) is 13.8. The van der Waals surface area contributed by atoms with Crippen molar-refractivity contribution in [2.45, 2.75) is 19.5 Å². The normalized spacial score (nSPS) is 11.5. The Morgan fingerprint density at radius 2 is 2.27 bits per heavy atom. The number of aryl methyl sites for hydroxylation is 1. The Bertz CT molecular complexity index is 574. The van der Waals surface area contributed by atoms with Crippen LogP contribution >= 0.6 is 11.3 Å². The highest BCUT2D eigenvalue weighted by Crippen LogP contribution is 2.17. The van der Waals surface area contributed by atoms with Crippen molar-refractivity contribution >= 4 is 22.4 Å². The third kappa shape index (κ3) is 5.03. The summed E-state index contributed by atoms with van der Waals surface area (Å²) in [5.74, 6) is 0.792. The van der Waals surface area contributed by atoms with E-state index >= 15 is 0 Å². The molecule has 2 N–H and O–H groups in total. The average Bonchev–Trinajstić information content (AvgIpc) is 3.18. The standard InChI is InChI=1S/C14H23N7S/c1-15-13(16-6-4-8-21-9-5-7-18-21)17-10-12-11-22-14(19-12)20(2)3/h5,7,9,11H,4,6,8,10H2,1-3H3,(H2,15,16,17). The maximum atomic E-state index is 4.53. The molecule has 2 aromatic rings. The van der Waals surface area contributed by atoms with Crippen LogP contribution in [0.15, 0.2) is 28.8 Å². The molecule has 0 bridgehead atoms. The lowest BCUT2D eigenvalue weighted by Gasteiger charge is -2.11. The van der Waals surface area contributed by atoms with Gasteiger partial charge in [0.05, 0.1) is 12.2 Å². The Hall–Kier alpha value is -2.09. The van der Waals surface area contributed by atoms with Crippen molar-refractivity contribution in [2.75, 3.05) is 32.6 Å². The monoisotopic (exact) mass is 321 g/mol. The Kier molecular flexibility index (Phi) is 6.20. The van der Waals surface area contributed by atoms with Crippen LogP contribution in [0.2, 0.25) is 0 Å². The molecular formula is C14H23N7S. The summed E-state index contributed by atoms with van der Waals surface area (Å²) < 4.78 is 1.93. The molecule has 0 spiro atoms. The van der Waals surface area contributed by atoms with Gasteiger partial charge in [0.2, 0.25) is 0 Å². The fourth-order valence-corrected chi connectivity index (χ4v) is 2.62. The minimum atomic E-state index is 0.670. The van der Waals surface area contributed by atoms with Crippen molar-refractivity contribution in [3.8, 4) is 0 Å². The molecule has 0 aliphatic carbocycles. The van der Waals surface area contributed by atoms with E-state index in [9.17, 15) is 0 Å². The largest absolute Gasteiger partial charge is 0.356 e. The topological polar surface area (TPSA) is 70.4 Å². The van der Waals surface area contributed by atoms with Crippen molar-refractivity contribution in [1.82, 2.24) is 25.4 Å². The van der Waals surface area contributed by atoms with Gasteiger partial charge in [-0.3, -0.25) is 9.67 Å². The van der Waals surface area contributed by atoms with E-state index in [1.807, 2.05) is 35.9 Å². The molecule has 8 heteroatoms. The van der Waals surface area contributed by atoms with Gasteiger partial charge >= 0.3 is 0 Å². The van der Waals surface area contributed by atoms with E-state index in [1.165, 1.54) is 0 Å². The van der Waals surface area contributed by atoms with Crippen molar-refractivity contribution in [3.05, 3.63) is 29.5 Å². The number of aromatic nitrogens is 3. The second-order valence-corrected chi connectivity index (χ2v) is 5.83. The smallest absolute Gasteiger partial charge is 0.191 e. The average molecular weight is 321 g/mol. The molecule has 22 heavy (non-hydrogen) atoms. The van der Waals surface area contributed by atoms with Gasteiger partial charge < -0.3 is 15.5 Å². The number of anilines is 1. The highest BCUT2D eigenvalue weighted by molar-refractivity contribution is 7.13. The number of nitrogens with one attached hydrogen (secondary N) is 2. The molecule has 0 atom stereocenters.